The maximum absolute atomic E-state index is 10.6. The van der Waals surface area contributed by atoms with Crippen molar-refractivity contribution in [3.05, 3.63) is 54.1 Å². The van der Waals surface area contributed by atoms with E-state index < -0.39 is 0 Å². The van der Waals surface area contributed by atoms with Crippen LogP contribution in [0.15, 0.2) is 54.1 Å². The van der Waals surface area contributed by atoms with Crippen molar-refractivity contribution in [1.82, 2.24) is 0 Å². The predicted octanol–water partition coefficient (Wildman–Crippen LogP) is 4.94. The molecule has 0 aliphatic heterocycles. The predicted molar refractivity (Wildman–Crippen MR) is 107 cm³/mol. The molecule has 1 N–H and O–H groups in total. The molecule has 1 aromatic rings. The first kappa shape index (κ1) is 23.9. The van der Waals surface area contributed by atoms with Gasteiger partial charge in [-0.15, -0.1) is 0 Å². The van der Waals surface area contributed by atoms with E-state index in [0.29, 0.717) is 13.2 Å². The molecular weight excluding hydrogens is 328 g/mol. The molecule has 1 saturated carbocycles. The number of ether oxygens (including phenoxy) is 2. The average molecular weight is 363 g/mol. The Morgan fingerprint density at radius 1 is 1.12 bits per heavy atom. The molecule has 0 aromatic heterocycles. The number of aliphatic hydroxyl groups is 1. The maximum Gasteiger partial charge on any atom is 0.308 e. The molecule has 3 rings (SSSR count). The minimum atomic E-state index is -0.00694. The SMILES string of the molecule is C1=CC(COc2ccccc2)=CCC1.CC.CCOC(=O)C1CC1.CO. The highest BCUT2D eigenvalue weighted by atomic mass is 16.5. The Morgan fingerprint density at radius 2 is 1.77 bits per heavy atom. The lowest BCUT2D eigenvalue weighted by molar-refractivity contribution is -0.144. The number of esters is 1. The number of para-hydroxylation sites is 1. The summed E-state index contributed by atoms with van der Waals surface area (Å²) in [6.07, 6.45) is 11.0. The molecule has 0 spiro atoms. The van der Waals surface area contributed by atoms with Gasteiger partial charge in [-0.05, 0) is 50.3 Å². The van der Waals surface area contributed by atoms with Gasteiger partial charge in [0.05, 0.1) is 12.5 Å². The van der Waals surface area contributed by atoms with Crippen LogP contribution >= 0.6 is 0 Å². The lowest BCUT2D eigenvalue weighted by atomic mass is 10.1. The van der Waals surface area contributed by atoms with Crippen LogP contribution in [0.2, 0.25) is 0 Å². The second kappa shape index (κ2) is 16.4. The zero-order chi connectivity index (χ0) is 19.6. The molecule has 4 nitrogen and oxygen atoms in total. The normalized spacial score (nSPS) is 14.1. The highest BCUT2D eigenvalue weighted by Gasteiger charge is 2.30. The minimum absolute atomic E-state index is 0.00694. The molecule has 0 unspecified atom stereocenters. The molecule has 146 valence electrons. The third-order valence-corrected chi connectivity index (χ3v) is 3.42. The Bertz CT molecular complexity index is 516. The molecule has 2 aliphatic carbocycles. The summed E-state index contributed by atoms with van der Waals surface area (Å²) < 4.78 is 10.4. The molecule has 0 radical (unpaired) electrons. The Balaban J connectivity index is 0.000000444. The van der Waals surface area contributed by atoms with Crippen LogP contribution in [0.1, 0.15) is 46.5 Å². The molecule has 1 fully saturated rings. The smallest absolute Gasteiger partial charge is 0.308 e. The van der Waals surface area contributed by atoms with Crippen LogP contribution < -0.4 is 4.74 Å². The van der Waals surface area contributed by atoms with Crippen LogP contribution in [0.4, 0.5) is 0 Å². The minimum Gasteiger partial charge on any atom is -0.489 e. The average Bonchev–Trinajstić information content (AvgIpc) is 3.57. The number of benzene rings is 1. The van der Waals surface area contributed by atoms with Gasteiger partial charge in [-0.25, -0.2) is 0 Å². The molecule has 0 saturated heterocycles. The topological polar surface area (TPSA) is 55.8 Å². The van der Waals surface area contributed by atoms with Crippen LogP contribution in [0.25, 0.3) is 0 Å². The number of hydrogen-bond acceptors (Lipinski definition) is 4. The standard InChI is InChI=1S/C13H14O.C6H10O2.C2H6.CH4O/c1-3-7-12(8-4-1)11-14-13-9-5-2-6-10-13;1-2-8-6(7)5-3-4-5;2*1-2/h2-3,5-10H,1,4,11H2;5H,2-4H2,1H3;1-2H3;2H,1H3. The Labute approximate surface area is 158 Å². The van der Waals surface area contributed by atoms with Crippen molar-refractivity contribution in [1.29, 1.82) is 0 Å². The van der Waals surface area contributed by atoms with Crippen molar-refractivity contribution in [2.75, 3.05) is 20.3 Å². The first-order valence-electron chi connectivity index (χ1n) is 9.44. The number of rotatable bonds is 5. The van der Waals surface area contributed by atoms with Crippen molar-refractivity contribution < 1.29 is 19.4 Å². The van der Waals surface area contributed by atoms with Gasteiger partial charge < -0.3 is 14.6 Å². The lowest BCUT2D eigenvalue weighted by Gasteiger charge is -2.08. The van der Waals surface area contributed by atoms with Crippen LogP contribution in [0.3, 0.4) is 0 Å². The molecule has 0 heterocycles. The number of hydrogen-bond donors (Lipinski definition) is 1. The number of aliphatic hydroxyl groups excluding tert-OH is 1. The molecule has 0 atom stereocenters. The Morgan fingerprint density at radius 3 is 2.27 bits per heavy atom. The monoisotopic (exact) mass is 362 g/mol. The summed E-state index contributed by atoms with van der Waals surface area (Å²) in [5.74, 6) is 1.19. The fraction of sp³-hybridized carbons (Fsp3) is 0.500. The highest BCUT2D eigenvalue weighted by Crippen LogP contribution is 2.29. The van der Waals surface area contributed by atoms with Gasteiger partial charge in [0.15, 0.2) is 0 Å². The van der Waals surface area contributed by atoms with E-state index >= 15 is 0 Å². The van der Waals surface area contributed by atoms with Crippen LogP contribution in [0, 0.1) is 5.92 Å². The van der Waals surface area contributed by atoms with E-state index in [1.807, 2.05) is 51.1 Å². The molecule has 26 heavy (non-hydrogen) atoms. The molecule has 2 aliphatic rings. The molecule has 1 aromatic carbocycles. The van der Waals surface area contributed by atoms with Gasteiger partial charge in [-0.2, -0.15) is 0 Å². The summed E-state index contributed by atoms with van der Waals surface area (Å²) in [7, 11) is 1.00. The van der Waals surface area contributed by atoms with E-state index in [4.69, 9.17) is 14.6 Å². The van der Waals surface area contributed by atoms with Crippen LogP contribution in [-0.2, 0) is 9.53 Å². The lowest BCUT2D eigenvalue weighted by Crippen LogP contribution is -2.04. The van der Waals surface area contributed by atoms with Gasteiger partial charge in [-0.1, -0.05) is 50.3 Å². The number of carbonyl (C=O) groups is 1. The summed E-state index contributed by atoms with van der Waals surface area (Å²) in [6.45, 7) is 7.04. The summed E-state index contributed by atoms with van der Waals surface area (Å²) >= 11 is 0. The summed E-state index contributed by atoms with van der Waals surface area (Å²) in [5, 5.41) is 7.00. The number of allylic oxidation sites excluding steroid dienone is 2. The van der Waals surface area contributed by atoms with Crippen LogP contribution in [-0.4, -0.2) is 31.4 Å². The Hall–Kier alpha value is -2.07. The molecule has 0 amide bonds. The van der Waals surface area contributed by atoms with E-state index in [1.165, 1.54) is 5.57 Å². The largest absolute Gasteiger partial charge is 0.489 e. The van der Waals surface area contributed by atoms with E-state index in [-0.39, 0.29) is 11.9 Å². The van der Waals surface area contributed by atoms with Crippen molar-refractivity contribution in [2.45, 2.75) is 46.5 Å². The second-order valence-electron chi connectivity index (χ2n) is 5.39. The van der Waals surface area contributed by atoms with E-state index in [0.717, 1.165) is 38.5 Å². The zero-order valence-corrected chi connectivity index (χ0v) is 16.6. The quantitative estimate of drug-likeness (QED) is 0.754. The van der Waals surface area contributed by atoms with Gasteiger partial charge in [0, 0.05) is 7.11 Å². The molecular formula is C22H34O4. The molecule has 4 heteroatoms. The first-order valence-corrected chi connectivity index (χ1v) is 9.44. The van der Waals surface area contributed by atoms with Crippen molar-refractivity contribution in [2.24, 2.45) is 5.92 Å². The highest BCUT2D eigenvalue weighted by molar-refractivity contribution is 5.74. The third-order valence-electron chi connectivity index (χ3n) is 3.42. The third kappa shape index (κ3) is 11.5. The zero-order valence-electron chi connectivity index (χ0n) is 16.6. The number of carbonyl (C=O) groups excluding carboxylic acids is 1. The summed E-state index contributed by atoms with van der Waals surface area (Å²) in [6, 6.07) is 9.92. The van der Waals surface area contributed by atoms with Gasteiger partial charge >= 0.3 is 5.97 Å². The summed E-state index contributed by atoms with van der Waals surface area (Å²) in [5.41, 5.74) is 1.28. The van der Waals surface area contributed by atoms with Gasteiger partial charge in [0.2, 0.25) is 0 Å². The van der Waals surface area contributed by atoms with E-state index in [1.54, 1.807) is 0 Å². The van der Waals surface area contributed by atoms with Crippen molar-refractivity contribution in [3.8, 4) is 5.75 Å². The summed E-state index contributed by atoms with van der Waals surface area (Å²) in [4.78, 5) is 10.6. The van der Waals surface area contributed by atoms with E-state index in [2.05, 4.69) is 18.2 Å². The second-order valence-corrected chi connectivity index (χ2v) is 5.39. The van der Waals surface area contributed by atoms with Crippen molar-refractivity contribution in [3.63, 3.8) is 0 Å². The van der Waals surface area contributed by atoms with Gasteiger partial charge in [-0.3, -0.25) is 4.79 Å². The van der Waals surface area contributed by atoms with Gasteiger partial charge in [0.1, 0.15) is 12.4 Å². The van der Waals surface area contributed by atoms with E-state index in [9.17, 15) is 4.79 Å². The maximum atomic E-state index is 10.6. The molecule has 0 bridgehead atoms. The fourth-order valence-corrected chi connectivity index (χ4v) is 2.04. The van der Waals surface area contributed by atoms with Crippen molar-refractivity contribution >= 4 is 5.97 Å². The van der Waals surface area contributed by atoms with Crippen LogP contribution in [0.5, 0.6) is 5.75 Å². The first-order chi connectivity index (χ1) is 12.8. The Kier molecular flexibility index (Phi) is 15.1. The van der Waals surface area contributed by atoms with Gasteiger partial charge in [0.25, 0.3) is 0 Å². The fourth-order valence-electron chi connectivity index (χ4n) is 2.04.